The van der Waals surface area contributed by atoms with Crippen LogP contribution in [0, 0.1) is 22.7 Å². The van der Waals surface area contributed by atoms with E-state index in [0.29, 0.717) is 31.7 Å². The van der Waals surface area contributed by atoms with Crippen LogP contribution in [0.15, 0.2) is 0 Å². The van der Waals surface area contributed by atoms with Crippen molar-refractivity contribution in [3.8, 4) is 6.07 Å². The minimum Gasteiger partial charge on any atom is -0.355 e. The van der Waals surface area contributed by atoms with E-state index in [-0.39, 0.29) is 11.7 Å². The molecule has 1 aliphatic carbocycles. The van der Waals surface area contributed by atoms with Crippen LogP contribution in [0.1, 0.15) is 26.2 Å². The fourth-order valence-corrected chi connectivity index (χ4v) is 2.83. The molecule has 1 N–H and O–H groups in total. The summed E-state index contributed by atoms with van der Waals surface area (Å²) in [5, 5.41) is 11.6. The van der Waals surface area contributed by atoms with Crippen molar-refractivity contribution in [1.29, 1.82) is 5.26 Å². The molecule has 0 aromatic carbocycles. The third-order valence-corrected chi connectivity index (χ3v) is 4.05. The van der Waals surface area contributed by atoms with Crippen LogP contribution in [0.3, 0.4) is 0 Å². The fraction of sp³-hybridized carbons (Fsp3) is 0.818. The molecule has 0 saturated heterocycles. The molecule has 1 aliphatic rings. The maximum absolute atomic E-state index is 11.8. The molecule has 17 heavy (non-hydrogen) atoms. The van der Waals surface area contributed by atoms with Gasteiger partial charge in [-0.3, -0.25) is 4.79 Å². The number of nitrogens with zero attached hydrogens (tertiary/aromatic N) is 1. The lowest BCUT2D eigenvalue weighted by atomic mass is 9.63. The molecule has 6 heteroatoms. The second-order valence-corrected chi connectivity index (χ2v) is 7.21. The number of hydrogen-bond donors (Lipinski definition) is 1. The number of carbonyl (C=O) groups excluding carboxylic acids is 1. The first kappa shape index (κ1) is 14.0. The average Bonchev–Trinajstić information content (AvgIpc) is 2.17. The topological polar surface area (TPSA) is 87.0 Å². The standard InChI is InChI=1S/C11H18N2O3S/c1-9-6-11(7-9,8-12)10(14)13-4-3-5-17(2,15)16/h9H,3-7H2,1-2H3,(H,13,14). The molecule has 0 atom stereocenters. The zero-order chi connectivity index (χ0) is 13.1. The summed E-state index contributed by atoms with van der Waals surface area (Å²) in [7, 11) is -2.98. The number of rotatable bonds is 5. The Morgan fingerprint density at radius 2 is 2.12 bits per heavy atom. The molecule has 0 heterocycles. The predicted molar refractivity (Wildman–Crippen MR) is 63.8 cm³/mol. The van der Waals surface area contributed by atoms with E-state index in [2.05, 4.69) is 11.4 Å². The molecular weight excluding hydrogens is 240 g/mol. The monoisotopic (exact) mass is 258 g/mol. The van der Waals surface area contributed by atoms with E-state index in [0.717, 1.165) is 0 Å². The second-order valence-electron chi connectivity index (χ2n) is 4.95. The molecule has 0 bridgehead atoms. The normalized spacial score (nSPS) is 27.9. The summed E-state index contributed by atoms with van der Waals surface area (Å²) in [4.78, 5) is 11.8. The third kappa shape index (κ3) is 3.70. The molecule has 1 rings (SSSR count). The van der Waals surface area contributed by atoms with E-state index in [1.54, 1.807) is 0 Å². The van der Waals surface area contributed by atoms with Crippen LogP contribution in [0.5, 0.6) is 0 Å². The maximum Gasteiger partial charge on any atom is 0.240 e. The molecule has 0 spiro atoms. The Labute approximate surface area is 102 Å². The second kappa shape index (κ2) is 5.05. The van der Waals surface area contributed by atoms with Gasteiger partial charge < -0.3 is 5.32 Å². The van der Waals surface area contributed by atoms with Gasteiger partial charge in [-0.2, -0.15) is 5.26 Å². The van der Waals surface area contributed by atoms with Gasteiger partial charge in [0.2, 0.25) is 5.91 Å². The molecule has 1 fully saturated rings. The summed E-state index contributed by atoms with van der Waals surface area (Å²) < 4.78 is 21.7. The lowest BCUT2D eigenvalue weighted by molar-refractivity contribution is -0.133. The van der Waals surface area contributed by atoms with Gasteiger partial charge in [0.15, 0.2) is 0 Å². The molecule has 0 unspecified atom stereocenters. The lowest BCUT2D eigenvalue weighted by Gasteiger charge is -2.39. The van der Waals surface area contributed by atoms with Gasteiger partial charge in [0.1, 0.15) is 15.3 Å². The summed E-state index contributed by atoms with van der Waals surface area (Å²) in [5.41, 5.74) is -0.871. The first-order valence-corrected chi connectivity index (χ1v) is 7.72. The Morgan fingerprint density at radius 1 is 1.53 bits per heavy atom. The first-order chi connectivity index (χ1) is 7.79. The van der Waals surface area contributed by atoms with Crippen LogP contribution in [0.25, 0.3) is 0 Å². The van der Waals surface area contributed by atoms with Crippen molar-refractivity contribution in [2.75, 3.05) is 18.6 Å². The zero-order valence-electron chi connectivity index (χ0n) is 10.2. The number of carbonyl (C=O) groups is 1. The van der Waals surface area contributed by atoms with Crippen molar-refractivity contribution in [3.63, 3.8) is 0 Å². The quantitative estimate of drug-likeness (QED) is 0.726. The third-order valence-electron chi connectivity index (χ3n) is 3.02. The van der Waals surface area contributed by atoms with Crippen molar-refractivity contribution >= 4 is 15.7 Å². The highest BCUT2D eigenvalue weighted by Crippen LogP contribution is 2.44. The molecule has 1 saturated carbocycles. The van der Waals surface area contributed by atoms with Gasteiger partial charge in [-0.25, -0.2) is 8.42 Å². The maximum atomic E-state index is 11.8. The van der Waals surface area contributed by atoms with Crippen LogP contribution in [0.4, 0.5) is 0 Å². The van der Waals surface area contributed by atoms with Crippen molar-refractivity contribution in [3.05, 3.63) is 0 Å². The Balaban J connectivity index is 2.33. The van der Waals surface area contributed by atoms with E-state index in [1.807, 2.05) is 6.92 Å². The summed E-state index contributed by atoms with van der Waals surface area (Å²) >= 11 is 0. The summed E-state index contributed by atoms with van der Waals surface area (Å²) in [6.45, 7) is 2.32. The van der Waals surface area contributed by atoms with Gasteiger partial charge in [0.25, 0.3) is 0 Å². The van der Waals surface area contributed by atoms with Crippen LogP contribution in [-0.2, 0) is 14.6 Å². The summed E-state index contributed by atoms with van der Waals surface area (Å²) in [6, 6.07) is 2.07. The molecule has 1 amide bonds. The van der Waals surface area contributed by atoms with Crippen LogP contribution < -0.4 is 5.32 Å². The average molecular weight is 258 g/mol. The van der Waals surface area contributed by atoms with Gasteiger partial charge in [0.05, 0.1) is 11.8 Å². The van der Waals surface area contributed by atoms with Gasteiger partial charge >= 0.3 is 0 Å². The van der Waals surface area contributed by atoms with Crippen molar-refractivity contribution in [2.45, 2.75) is 26.2 Å². The Morgan fingerprint density at radius 3 is 2.53 bits per heavy atom. The van der Waals surface area contributed by atoms with E-state index in [1.165, 1.54) is 6.26 Å². The fourth-order valence-electron chi connectivity index (χ4n) is 2.16. The SMILES string of the molecule is CC1CC(C#N)(C(=O)NCCCS(C)(=O)=O)C1. The Kier molecular flexibility index (Phi) is 4.15. The largest absolute Gasteiger partial charge is 0.355 e. The molecule has 0 aromatic rings. The predicted octanol–water partition coefficient (Wildman–Crippen LogP) is 0.477. The Bertz CT molecular complexity index is 430. The van der Waals surface area contributed by atoms with Crippen molar-refractivity contribution in [1.82, 2.24) is 5.32 Å². The summed E-state index contributed by atoms with van der Waals surface area (Å²) in [5.74, 6) is 0.214. The van der Waals surface area contributed by atoms with Gasteiger partial charge in [0, 0.05) is 12.8 Å². The zero-order valence-corrected chi connectivity index (χ0v) is 11.0. The smallest absolute Gasteiger partial charge is 0.240 e. The molecule has 0 aromatic heterocycles. The highest BCUT2D eigenvalue weighted by molar-refractivity contribution is 7.90. The number of amides is 1. The van der Waals surface area contributed by atoms with Gasteiger partial charge in [-0.15, -0.1) is 0 Å². The minimum absolute atomic E-state index is 0.0588. The van der Waals surface area contributed by atoms with E-state index in [4.69, 9.17) is 5.26 Å². The van der Waals surface area contributed by atoms with Crippen LogP contribution in [0.2, 0.25) is 0 Å². The van der Waals surface area contributed by atoms with E-state index < -0.39 is 15.3 Å². The molecule has 0 radical (unpaired) electrons. The number of hydrogen-bond acceptors (Lipinski definition) is 4. The number of nitrogens with one attached hydrogen (secondary N) is 1. The molecule has 96 valence electrons. The highest BCUT2D eigenvalue weighted by Gasteiger charge is 2.48. The van der Waals surface area contributed by atoms with E-state index >= 15 is 0 Å². The number of nitriles is 1. The molecule has 0 aliphatic heterocycles. The lowest BCUT2D eigenvalue weighted by Crippen LogP contribution is -2.48. The van der Waals surface area contributed by atoms with Crippen molar-refractivity contribution < 1.29 is 13.2 Å². The van der Waals surface area contributed by atoms with Crippen molar-refractivity contribution in [2.24, 2.45) is 11.3 Å². The molecular formula is C11H18N2O3S. The van der Waals surface area contributed by atoms with Gasteiger partial charge in [-0.1, -0.05) is 6.92 Å². The summed E-state index contributed by atoms with van der Waals surface area (Å²) in [6.07, 6.45) is 2.75. The van der Waals surface area contributed by atoms with Crippen LogP contribution >= 0.6 is 0 Å². The van der Waals surface area contributed by atoms with E-state index in [9.17, 15) is 13.2 Å². The first-order valence-electron chi connectivity index (χ1n) is 5.66. The van der Waals surface area contributed by atoms with Crippen LogP contribution in [-0.4, -0.2) is 32.9 Å². The molecule has 5 nitrogen and oxygen atoms in total. The highest BCUT2D eigenvalue weighted by atomic mass is 32.2. The Hall–Kier alpha value is -1.09. The van der Waals surface area contributed by atoms with Gasteiger partial charge in [-0.05, 0) is 25.2 Å². The minimum atomic E-state index is -2.98. The number of sulfone groups is 1.